The highest BCUT2D eigenvalue weighted by molar-refractivity contribution is 7.99. The van der Waals surface area contributed by atoms with Crippen LogP contribution < -0.4 is 15.4 Å². The van der Waals surface area contributed by atoms with Gasteiger partial charge in [-0.25, -0.2) is 18.7 Å². The molecule has 11 heteroatoms. The van der Waals surface area contributed by atoms with Crippen LogP contribution >= 0.6 is 11.3 Å². The zero-order chi connectivity index (χ0) is 23.8. The lowest BCUT2D eigenvalue weighted by molar-refractivity contribution is -0.116. The van der Waals surface area contributed by atoms with Gasteiger partial charge in [0, 0.05) is 34.6 Å². The Morgan fingerprint density at radius 2 is 1.97 bits per heavy atom. The number of thiophene rings is 1. The lowest BCUT2D eigenvalue weighted by Gasteiger charge is -2.13. The van der Waals surface area contributed by atoms with E-state index in [-0.39, 0.29) is 12.4 Å². The highest BCUT2D eigenvalue weighted by atomic mass is 32.2. The molecule has 1 unspecified atom stereocenters. The number of nitrogens with one attached hydrogen (secondary N) is 3. The molecule has 0 bridgehead atoms. The second kappa shape index (κ2) is 10.9. The number of amides is 1. The molecule has 0 saturated carbocycles. The summed E-state index contributed by atoms with van der Waals surface area (Å²) in [6.07, 6.45) is 1.32. The summed E-state index contributed by atoms with van der Waals surface area (Å²) in [4.78, 5) is 33.2. The van der Waals surface area contributed by atoms with Gasteiger partial charge in [0.15, 0.2) is 0 Å². The average Bonchev–Trinajstić information content (AvgIpc) is 3.28. The van der Waals surface area contributed by atoms with E-state index in [0.29, 0.717) is 35.3 Å². The Bertz CT molecular complexity index is 1210. The van der Waals surface area contributed by atoms with Crippen LogP contribution in [0, 0.1) is 0 Å². The second-order valence-electron chi connectivity index (χ2n) is 6.96. The van der Waals surface area contributed by atoms with Gasteiger partial charge in [-0.1, -0.05) is 6.07 Å². The number of ketones is 1. The molecule has 0 aliphatic heterocycles. The minimum Gasteiger partial charge on any atom is -0.449 e. The molecule has 0 radical (unpaired) electrons. The summed E-state index contributed by atoms with van der Waals surface area (Å²) in [6, 6.07) is 10.5. The molecule has 1 atom stereocenters. The molecule has 9 nitrogen and oxygen atoms in total. The Balaban J connectivity index is 1.77. The maximum atomic E-state index is 12.7. The predicted molar refractivity (Wildman–Crippen MR) is 133 cm³/mol. The molecule has 174 valence electrons. The van der Waals surface area contributed by atoms with E-state index in [1.54, 1.807) is 55.6 Å². The lowest BCUT2D eigenvalue weighted by Crippen LogP contribution is -2.30. The molecule has 3 aromatic rings. The van der Waals surface area contributed by atoms with Crippen LogP contribution in [0.3, 0.4) is 0 Å². The van der Waals surface area contributed by atoms with Gasteiger partial charge < -0.3 is 15.4 Å². The minimum atomic E-state index is -3.05. The van der Waals surface area contributed by atoms with Gasteiger partial charge in [0.05, 0.1) is 21.9 Å². The third kappa shape index (κ3) is 6.77. The van der Waals surface area contributed by atoms with Crippen LogP contribution in [0.2, 0.25) is 0 Å². The fourth-order valence-electron chi connectivity index (χ4n) is 2.79. The summed E-state index contributed by atoms with van der Waals surface area (Å²) in [6.45, 7) is 3.83. The van der Waals surface area contributed by atoms with Gasteiger partial charge in [0.25, 0.3) is 0 Å². The van der Waals surface area contributed by atoms with Crippen molar-refractivity contribution in [2.45, 2.75) is 25.2 Å². The van der Waals surface area contributed by atoms with Gasteiger partial charge in [-0.15, -0.1) is 11.3 Å². The van der Waals surface area contributed by atoms with E-state index in [1.807, 2.05) is 17.5 Å². The van der Waals surface area contributed by atoms with E-state index in [1.165, 1.54) is 0 Å². The van der Waals surface area contributed by atoms with Crippen molar-refractivity contribution in [2.24, 2.45) is 0 Å². The molecule has 3 N–H and O–H groups in total. The van der Waals surface area contributed by atoms with Crippen LogP contribution in [-0.4, -0.2) is 45.1 Å². The topological polar surface area (TPSA) is 122 Å². The van der Waals surface area contributed by atoms with Gasteiger partial charge >= 0.3 is 6.09 Å². The van der Waals surface area contributed by atoms with Crippen LogP contribution in [0.1, 0.15) is 20.3 Å². The maximum Gasteiger partial charge on any atom is 0.418 e. The normalized spacial score (nSPS) is 12.4. The second-order valence-corrected chi connectivity index (χ2v) is 9.93. The van der Waals surface area contributed by atoms with Crippen molar-refractivity contribution in [2.75, 3.05) is 23.8 Å². The Hall–Kier alpha value is -3.44. The third-order valence-electron chi connectivity index (χ3n) is 4.36. The zero-order valence-electron chi connectivity index (χ0n) is 18.3. The number of nitrogens with zero attached hydrogens (tertiary/aromatic N) is 2. The summed E-state index contributed by atoms with van der Waals surface area (Å²) < 4.78 is 19.7. The SMILES string of the molecule is C=S(=O)(NC(=O)OCC)c1ccc(Nc2ncc(-c3cccs3)c(NCCC(C)=O)n2)cc1. The number of benzene rings is 1. The van der Waals surface area contributed by atoms with Crippen molar-refractivity contribution in [1.82, 2.24) is 14.7 Å². The molecule has 0 spiro atoms. The molecule has 0 aliphatic carbocycles. The molecule has 33 heavy (non-hydrogen) atoms. The highest BCUT2D eigenvalue weighted by Gasteiger charge is 2.14. The van der Waals surface area contributed by atoms with Crippen LogP contribution in [0.4, 0.5) is 22.2 Å². The van der Waals surface area contributed by atoms with Gasteiger partial charge in [-0.3, -0.25) is 4.79 Å². The molecule has 2 heterocycles. The average molecular weight is 488 g/mol. The van der Waals surface area contributed by atoms with Crippen molar-refractivity contribution >= 4 is 56.2 Å². The highest BCUT2D eigenvalue weighted by Crippen LogP contribution is 2.31. The summed E-state index contributed by atoms with van der Waals surface area (Å²) in [5.41, 5.74) is 1.50. The molecular weight excluding hydrogens is 462 g/mol. The third-order valence-corrected chi connectivity index (χ3v) is 6.79. The van der Waals surface area contributed by atoms with Gasteiger partial charge in [-0.2, -0.15) is 4.98 Å². The Morgan fingerprint density at radius 3 is 2.61 bits per heavy atom. The first kappa shape index (κ1) is 24.2. The maximum absolute atomic E-state index is 12.7. The quantitative estimate of drug-likeness (QED) is 0.366. The summed E-state index contributed by atoms with van der Waals surface area (Å²) in [7, 11) is -3.05. The zero-order valence-corrected chi connectivity index (χ0v) is 19.9. The summed E-state index contributed by atoms with van der Waals surface area (Å²) in [5.74, 6) is 4.66. The molecule has 0 aliphatic rings. The van der Waals surface area contributed by atoms with E-state index in [4.69, 9.17) is 4.74 Å². The van der Waals surface area contributed by atoms with Crippen LogP contribution in [0.15, 0.2) is 52.9 Å². The number of carbonyl (C=O) groups is 2. The van der Waals surface area contributed by atoms with Crippen molar-refractivity contribution < 1.29 is 18.5 Å². The molecule has 0 fully saturated rings. The molecular formula is C22H25N5O4S2. The number of carbonyl (C=O) groups excluding carboxylic acids is 2. The molecule has 3 rings (SSSR count). The monoisotopic (exact) mass is 487 g/mol. The standard InChI is InChI=1S/C22H25N5O4S2/c1-4-31-22(29)27-33(3,30)17-9-7-16(8-10-17)25-21-24-14-18(19-6-5-13-32-19)20(26-21)23-12-11-15(2)28/h5-10,13-14H,3-4,11-12H2,1-2H3,(H,27,29,30)(H2,23,24,25,26). The molecule has 2 aromatic heterocycles. The van der Waals surface area contributed by atoms with Crippen molar-refractivity contribution in [3.8, 4) is 10.4 Å². The van der Waals surface area contributed by atoms with Crippen molar-refractivity contribution in [3.63, 3.8) is 0 Å². The first-order valence-electron chi connectivity index (χ1n) is 10.1. The molecule has 1 amide bonds. The van der Waals surface area contributed by atoms with Crippen molar-refractivity contribution in [1.29, 1.82) is 0 Å². The first-order chi connectivity index (χ1) is 15.8. The molecule has 1 aromatic carbocycles. The van der Waals surface area contributed by atoms with E-state index in [9.17, 15) is 13.8 Å². The van der Waals surface area contributed by atoms with Crippen LogP contribution in [0.5, 0.6) is 0 Å². The largest absolute Gasteiger partial charge is 0.449 e. The van der Waals surface area contributed by atoms with Gasteiger partial charge in [0.2, 0.25) is 5.95 Å². The van der Waals surface area contributed by atoms with E-state index in [0.717, 1.165) is 10.4 Å². The van der Waals surface area contributed by atoms with Gasteiger partial charge in [0.1, 0.15) is 11.6 Å². The van der Waals surface area contributed by atoms with Crippen LogP contribution in [0.25, 0.3) is 10.4 Å². The minimum absolute atomic E-state index is 0.0899. The van der Waals surface area contributed by atoms with E-state index >= 15 is 0 Å². The van der Waals surface area contributed by atoms with E-state index < -0.39 is 15.8 Å². The predicted octanol–water partition coefficient (Wildman–Crippen LogP) is 4.08. The Morgan fingerprint density at radius 1 is 1.21 bits per heavy atom. The summed E-state index contributed by atoms with van der Waals surface area (Å²) in [5, 5.41) is 8.29. The number of ether oxygens (including phenoxy) is 1. The number of Topliss-reactive ketones (excluding diaryl/α,β-unsaturated/α-hetero) is 1. The lowest BCUT2D eigenvalue weighted by atomic mass is 10.2. The van der Waals surface area contributed by atoms with Crippen LogP contribution in [-0.2, 0) is 19.2 Å². The molecule has 0 saturated heterocycles. The van der Waals surface area contributed by atoms with Crippen molar-refractivity contribution in [3.05, 3.63) is 48.0 Å². The number of aromatic nitrogens is 2. The fourth-order valence-corrected chi connectivity index (χ4v) is 4.55. The Labute approximate surface area is 196 Å². The summed E-state index contributed by atoms with van der Waals surface area (Å²) >= 11 is 1.57. The number of hydrogen-bond donors (Lipinski definition) is 3. The fraction of sp³-hybridized carbons (Fsp3) is 0.227. The first-order valence-corrected chi connectivity index (χ1v) is 12.7. The smallest absolute Gasteiger partial charge is 0.418 e. The number of rotatable bonds is 10. The van der Waals surface area contributed by atoms with Gasteiger partial charge in [-0.05, 0) is 55.4 Å². The number of hydrogen-bond acceptors (Lipinski definition) is 9. The Kier molecular flexibility index (Phi) is 8.01. The van der Waals surface area contributed by atoms with E-state index in [2.05, 4.69) is 31.2 Å². The number of anilines is 3.